The van der Waals surface area contributed by atoms with Gasteiger partial charge in [0.05, 0.1) is 18.1 Å². The van der Waals surface area contributed by atoms with Crippen molar-refractivity contribution in [1.29, 1.82) is 0 Å². The summed E-state index contributed by atoms with van der Waals surface area (Å²) >= 11 is 0. The lowest BCUT2D eigenvalue weighted by atomic mass is 10.2. The van der Waals surface area contributed by atoms with E-state index in [-0.39, 0.29) is 12.1 Å². The van der Waals surface area contributed by atoms with Crippen molar-refractivity contribution in [2.75, 3.05) is 6.54 Å². The van der Waals surface area contributed by atoms with Gasteiger partial charge < -0.3 is 15.2 Å². The minimum absolute atomic E-state index is 0.116. The molecule has 0 saturated carbocycles. The van der Waals surface area contributed by atoms with Crippen LogP contribution in [0.4, 0.5) is 4.79 Å². The van der Waals surface area contributed by atoms with Crippen molar-refractivity contribution >= 4 is 6.03 Å². The van der Waals surface area contributed by atoms with E-state index in [1.54, 1.807) is 18.7 Å². The van der Waals surface area contributed by atoms with E-state index >= 15 is 0 Å². The summed E-state index contributed by atoms with van der Waals surface area (Å²) in [6.07, 6.45) is 7.00. The molecule has 19 heavy (non-hydrogen) atoms. The van der Waals surface area contributed by atoms with Gasteiger partial charge in [0.25, 0.3) is 0 Å². The number of aromatic nitrogens is 3. The molecule has 0 aliphatic rings. The number of imidazole rings is 1. The second-order valence-corrected chi connectivity index (χ2v) is 4.18. The fraction of sp³-hybridized carbons (Fsp3) is 0.308. The number of amides is 2. The summed E-state index contributed by atoms with van der Waals surface area (Å²) in [4.78, 5) is 19.8. The van der Waals surface area contributed by atoms with Crippen molar-refractivity contribution in [3.05, 3.63) is 48.8 Å². The number of nitrogens with zero attached hydrogens (tertiary/aromatic N) is 3. The van der Waals surface area contributed by atoms with Crippen LogP contribution < -0.4 is 10.6 Å². The maximum absolute atomic E-state index is 11.7. The Balaban J connectivity index is 1.72. The average Bonchev–Trinajstić information content (AvgIpc) is 2.93. The summed E-state index contributed by atoms with van der Waals surface area (Å²) in [6, 6.07) is 5.32. The van der Waals surface area contributed by atoms with Gasteiger partial charge in [-0.2, -0.15) is 0 Å². The van der Waals surface area contributed by atoms with Crippen LogP contribution in [0.25, 0.3) is 0 Å². The molecule has 0 aliphatic carbocycles. The van der Waals surface area contributed by atoms with Crippen molar-refractivity contribution in [2.45, 2.75) is 19.5 Å². The molecule has 0 saturated heterocycles. The monoisotopic (exact) mass is 259 g/mol. The number of pyridine rings is 1. The lowest BCUT2D eigenvalue weighted by molar-refractivity contribution is 0.237. The van der Waals surface area contributed by atoms with Crippen molar-refractivity contribution in [2.24, 2.45) is 0 Å². The quantitative estimate of drug-likeness (QED) is 0.851. The average molecular weight is 259 g/mol. The van der Waals surface area contributed by atoms with Gasteiger partial charge in [-0.05, 0) is 19.1 Å². The van der Waals surface area contributed by atoms with Crippen molar-refractivity contribution in [3.63, 3.8) is 0 Å². The Morgan fingerprint density at radius 3 is 3.00 bits per heavy atom. The number of carbonyl (C=O) groups is 1. The summed E-state index contributed by atoms with van der Waals surface area (Å²) < 4.78 is 1.91. The third-order valence-electron chi connectivity index (χ3n) is 2.69. The molecule has 2 heterocycles. The number of hydrogen-bond acceptors (Lipinski definition) is 3. The fourth-order valence-corrected chi connectivity index (χ4v) is 1.67. The first-order valence-corrected chi connectivity index (χ1v) is 6.17. The molecule has 1 atom stereocenters. The third kappa shape index (κ3) is 4.09. The van der Waals surface area contributed by atoms with Gasteiger partial charge in [-0.1, -0.05) is 6.07 Å². The maximum Gasteiger partial charge on any atom is 0.315 e. The Morgan fingerprint density at radius 1 is 1.42 bits per heavy atom. The Bertz CT molecular complexity index is 497. The standard InChI is InChI=1S/C13H17N5O/c1-11(12-4-2-3-5-15-12)17-13(19)16-7-9-18-8-6-14-10-18/h2-6,8,10-11H,7,9H2,1H3,(H2,16,17,19)/t11-/m1/s1. The van der Waals surface area contributed by atoms with Crippen LogP contribution in [0.2, 0.25) is 0 Å². The van der Waals surface area contributed by atoms with Gasteiger partial charge in [0.2, 0.25) is 0 Å². The number of hydrogen-bond donors (Lipinski definition) is 2. The molecule has 0 bridgehead atoms. The fourth-order valence-electron chi connectivity index (χ4n) is 1.67. The third-order valence-corrected chi connectivity index (χ3v) is 2.69. The van der Waals surface area contributed by atoms with Gasteiger partial charge in [-0.25, -0.2) is 9.78 Å². The molecule has 0 radical (unpaired) electrons. The lowest BCUT2D eigenvalue weighted by Crippen LogP contribution is -2.38. The van der Waals surface area contributed by atoms with Crippen LogP contribution in [-0.4, -0.2) is 27.1 Å². The van der Waals surface area contributed by atoms with E-state index in [0.717, 1.165) is 5.69 Å². The predicted octanol–water partition coefficient (Wildman–Crippen LogP) is 1.34. The Kier molecular flexibility index (Phi) is 4.49. The van der Waals surface area contributed by atoms with Gasteiger partial charge in [-0.3, -0.25) is 4.98 Å². The van der Waals surface area contributed by atoms with E-state index in [1.807, 2.05) is 35.9 Å². The number of carbonyl (C=O) groups excluding carboxylic acids is 1. The second kappa shape index (κ2) is 6.53. The maximum atomic E-state index is 11.7. The highest BCUT2D eigenvalue weighted by atomic mass is 16.2. The highest BCUT2D eigenvalue weighted by Gasteiger charge is 2.09. The molecular weight excluding hydrogens is 242 g/mol. The van der Waals surface area contributed by atoms with Crippen LogP contribution in [0.1, 0.15) is 18.7 Å². The van der Waals surface area contributed by atoms with Crippen LogP contribution in [0.15, 0.2) is 43.1 Å². The van der Waals surface area contributed by atoms with Crippen LogP contribution in [0, 0.1) is 0 Å². The minimum atomic E-state index is -0.196. The molecule has 2 N–H and O–H groups in total. The van der Waals surface area contributed by atoms with E-state index in [4.69, 9.17) is 0 Å². The van der Waals surface area contributed by atoms with E-state index < -0.39 is 0 Å². The molecule has 0 unspecified atom stereocenters. The Morgan fingerprint density at radius 2 is 2.32 bits per heavy atom. The topological polar surface area (TPSA) is 71.8 Å². The van der Waals surface area contributed by atoms with Gasteiger partial charge in [0, 0.05) is 31.7 Å². The van der Waals surface area contributed by atoms with Crippen molar-refractivity contribution in [1.82, 2.24) is 25.2 Å². The molecule has 100 valence electrons. The van der Waals surface area contributed by atoms with Crippen LogP contribution in [0.3, 0.4) is 0 Å². The Hall–Kier alpha value is -2.37. The Labute approximate surface area is 111 Å². The number of urea groups is 1. The van der Waals surface area contributed by atoms with Crippen LogP contribution in [0.5, 0.6) is 0 Å². The SMILES string of the molecule is C[C@@H](NC(=O)NCCn1ccnc1)c1ccccn1. The number of nitrogens with one attached hydrogen (secondary N) is 2. The molecule has 6 nitrogen and oxygen atoms in total. The summed E-state index contributed by atoms with van der Waals surface area (Å²) in [6.45, 7) is 3.15. The van der Waals surface area contributed by atoms with E-state index in [9.17, 15) is 4.79 Å². The lowest BCUT2D eigenvalue weighted by Gasteiger charge is -2.14. The summed E-state index contributed by atoms with van der Waals surface area (Å²) in [5.41, 5.74) is 0.840. The molecule has 2 aromatic rings. The molecular formula is C13H17N5O. The predicted molar refractivity (Wildman–Crippen MR) is 71.4 cm³/mol. The molecule has 2 amide bonds. The minimum Gasteiger partial charge on any atom is -0.336 e. The zero-order valence-electron chi connectivity index (χ0n) is 10.8. The van der Waals surface area contributed by atoms with Crippen molar-refractivity contribution in [3.8, 4) is 0 Å². The molecule has 0 aliphatic heterocycles. The normalized spacial score (nSPS) is 11.8. The summed E-state index contributed by atoms with van der Waals surface area (Å²) in [5, 5.41) is 5.63. The zero-order valence-corrected chi connectivity index (χ0v) is 10.8. The number of rotatable bonds is 5. The van der Waals surface area contributed by atoms with Gasteiger partial charge >= 0.3 is 6.03 Å². The van der Waals surface area contributed by atoms with Gasteiger partial charge in [0.15, 0.2) is 0 Å². The van der Waals surface area contributed by atoms with Crippen LogP contribution >= 0.6 is 0 Å². The molecule has 0 spiro atoms. The van der Waals surface area contributed by atoms with E-state index in [1.165, 1.54) is 0 Å². The zero-order chi connectivity index (χ0) is 13.5. The first kappa shape index (κ1) is 13.1. The highest BCUT2D eigenvalue weighted by molar-refractivity contribution is 5.74. The summed E-state index contributed by atoms with van der Waals surface area (Å²) in [7, 11) is 0. The van der Waals surface area contributed by atoms with E-state index in [2.05, 4.69) is 20.6 Å². The van der Waals surface area contributed by atoms with Gasteiger partial charge in [-0.15, -0.1) is 0 Å². The first-order chi connectivity index (χ1) is 9.25. The smallest absolute Gasteiger partial charge is 0.315 e. The van der Waals surface area contributed by atoms with Crippen molar-refractivity contribution < 1.29 is 4.79 Å². The highest BCUT2D eigenvalue weighted by Crippen LogP contribution is 2.06. The molecule has 0 fully saturated rings. The molecule has 2 aromatic heterocycles. The molecule has 6 heteroatoms. The largest absolute Gasteiger partial charge is 0.336 e. The molecule has 2 rings (SSSR count). The second-order valence-electron chi connectivity index (χ2n) is 4.18. The first-order valence-electron chi connectivity index (χ1n) is 6.17. The van der Waals surface area contributed by atoms with E-state index in [0.29, 0.717) is 13.1 Å². The van der Waals surface area contributed by atoms with Crippen LogP contribution in [-0.2, 0) is 6.54 Å². The molecule has 0 aromatic carbocycles. The van der Waals surface area contributed by atoms with Gasteiger partial charge in [0.1, 0.15) is 0 Å². The summed E-state index contributed by atoms with van der Waals surface area (Å²) in [5.74, 6) is 0.